The Hall–Kier alpha value is -1.99. The number of anilines is 1. The highest BCUT2D eigenvalue weighted by Crippen LogP contribution is 2.34. The van der Waals surface area contributed by atoms with E-state index in [4.69, 9.17) is 14.7 Å². The highest BCUT2D eigenvalue weighted by Gasteiger charge is 2.22. The lowest BCUT2D eigenvalue weighted by atomic mass is 10.1. The van der Waals surface area contributed by atoms with Crippen LogP contribution >= 0.6 is 11.3 Å². The fourth-order valence-electron chi connectivity index (χ4n) is 3.26. The van der Waals surface area contributed by atoms with E-state index in [9.17, 15) is 4.79 Å². The van der Waals surface area contributed by atoms with Gasteiger partial charge in [-0.3, -0.25) is 4.90 Å². The van der Waals surface area contributed by atoms with Crippen molar-refractivity contribution in [3.63, 3.8) is 0 Å². The molecule has 0 saturated carbocycles. The van der Waals surface area contributed by atoms with E-state index >= 15 is 0 Å². The Morgan fingerprint density at radius 2 is 2.12 bits per heavy atom. The van der Waals surface area contributed by atoms with Crippen molar-refractivity contribution in [2.75, 3.05) is 31.6 Å². The number of carbonyl (C=O) groups excluding carboxylic acids is 1. The molecular weight excluding hydrogens is 348 g/mol. The van der Waals surface area contributed by atoms with Crippen molar-refractivity contribution < 1.29 is 9.53 Å². The lowest BCUT2D eigenvalue weighted by Crippen LogP contribution is -2.30. The largest absolute Gasteiger partial charge is 0.462 e. The zero-order valence-electron chi connectivity index (χ0n) is 15.5. The van der Waals surface area contributed by atoms with Crippen molar-refractivity contribution in [2.24, 2.45) is 0 Å². The number of likely N-dealkylation sites (tertiary alicyclic amines) is 1. The summed E-state index contributed by atoms with van der Waals surface area (Å²) in [6.45, 7) is 11.4. The van der Waals surface area contributed by atoms with E-state index in [1.54, 1.807) is 6.08 Å². The number of hydrogen-bond acceptors (Lipinski definition) is 7. The zero-order valence-corrected chi connectivity index (χ0v) is 16.3. The first-order valence-corrected chi connectivity index (χ1v) is 10.00. The van der Waals surface area contributed by atoms with Crippen LogP contribution in [0.15, 0.2) is 12.7 Å². The Kier molecular flexibility index (Phi) is 6.21. The van der Waals surface area contributed by atoms with Gasteiger partial charge >= 0.3 is 5.97 Å². The average Bonchev–Trinajstić information content (AvgIpc) is 2.97. The molecule has 6 nitrogen and oxygen atoms in total. The molecule has 1 saturated heterocycles. The van der Waals surface area contributed by atoms with Crippen LogP contribution in [0.5, 0.6) is 0 Å². The molecule has 0 spiro atoms. The van der Waals surface area contributed by atoms with Gasteiger partial charge in [0.1, 0.15) is 21.3 Å². The van der Waals surface area contributed by atoms with Crippen molar-refractivity contribution in [3.8, 4) is 0 Å². The standard InChI is InChI=1S/C19H26N4O2S/c1-4-9-20-17-15-13(3)16(19(24)25-5-2)26-18(15)22-14(21-17)12-23-10-7-6-8-11-23/h4H,1,5-12H2,2-3H3,(H,20,21,22). The summed E-state index contributed by atoms with van der Waals surface area (Å²) >= 11 is 1.39. The van der Waals surface area contributed by atoms with Crippen LogP contribution in [0.1, 0.15) is 47.2 Å². The molecule has 0 aliphatic carbocycles. The molecular formula is C19H26N4O2S. The molecule has 0 atom stereocenters. The van der Waals surface area contributed by atoms with E-state index in [-0.39, 0.29) is 5.97 Å². The van der Waals surface area contributed by atoms with Crippen molar-refractivity contribution in [1.82, 2.24) is 14.9 Å². The van der Waals surface area contributed by atoms with Crippen molar-refractivity contribution in [2.45, 2.75) is 39.7 Å². The molecule has 2 aromatic heterocycles. The van der Waals surface area contributed by atoms with Crippen LogP contribution in [-0.2, 0) is 11.3 Å². The Morgan fingerprint density at radius 1 is 1.35 bits per heavy atom. The Bertz CT molecular complexity index is 796. The Labute approximate surface area is 158 Å². The van der Waals surface area contributed by atoms with Gasteiger partial charge in [-0.1, -0.05) is 12.5 Å². The molecule has 0 amide bonds. The van der Waals surface area contributed by atoms with Crippen LogP contribution in [0.2, 0.25) is 0 Å². The third kappa shape index (κ3) is 4.04. The Morgan fingerprint density at radius 3 is 2.81 bits per heavy atom. The van der Waals surface area contributed by atoms with Gasteiger partial charge in [-0.15, -0.1) is 17.9 Å². The number of hydrogen-bond donors (Lipinski definition) is 1. The predicted molar refractivity (Wildman–Crippen MR) is 106 cm³/mol. The topological polar surface area (TPSA) is 67.4 Å². The molecule has 1 aliphatic rings. The third-order valence-corrected chi connectivity index (χ3v) is 5.69. The minimum Gasteiger partial charge on any atom is -0.462 e. The second kappa shape index (κ2) is 8.60. The van der Waals surface area contributed by atoms with Crippen molar-refractivity contribution >= 4 is 33.3 Å². The van der Waals surface area contributed by atoms with E-state index in [1.807, 2.05) is 13.8 Å². The molecule has 0 aromatic carbocycles. The van der Waals surface area contributed by atoms with E-state index in [0.29, 0.717) is 18.0 Å². The molecule has 0 bridgehead atoms. The summed E-state index contributed by atoms with van der Waals surface area (Å²) < 4.78 is 5.19. The van der Waals surface area contributed by atoms with E-state index < -0.39 is 0 Å². The molecule has 7 heteroatoms. The van der Waals surface area contributed by atoms with Gasteiger partial charge in [-0.05, 0) is 45.3 Å². The SMILES string of the molecule is C=CCNc1nc(CN2CCCCC2)nc2sc(C(=O)OCC)c(C)c12. The van der Waals surface area contributed by atoms with Crippen LogP contribution in [0.3, 0.4) is 0 Å². The molecule has 0 unspecified atom stereocenters. The molecule has 1 aliphatic heterocycles. The minimum atomic E-state index is -0.291. The van der Waals surface area contributed by atoms with Gasteiger partial charge in [0, 0.05) is 6.54 Å². The van der Waals surface area contributed by atoms with Gasteiger partial charge in [-0.25, -0.2) is 14.8 Å². The molecule has 3 heterocycles. The third-order valence-electron chi connectivity index (χ3n) is 4.52. The van der Waals surface area contributed by atoms with Crippen LogP contribution in [0, 0.1) is 6.92 Å². The number of piperidine rings is 1. The molecule has 1 N–H and O–H groups in total. The number of ether oxygens (including phenoxy) is 1. The maximum atomic E-state index is 12.3. The van der Waals surface area contributed by atoms with Gasteiger partial charge < -0.3 is 10.1 Å². The number of aryl methyl sites for hydroxylation is 1. The number of rotatable bonds is 7. The number of thiophene rings is 1. The summed E-state index contributed by atoms with van der Waals surface area (Å²) in [5.74, 6) is 1.27. The van der Waals surface area contributed by atoms with E-state index in [0.717, 1.165) is 47.1 Å². The average molecular weight is 375 g/mol. The molecule has 26 heavy (non-hydrogen) atoms. The van der Waals surface area contributed by atoms with Crippen molar-refractivity contribution in [1.29, 1.82) is 0 Å². The summed E-state index contributed by atoms with van der Waals surface area (Å²) in [4.78, 5) is 25.6. The molecule has 3 rings (SSSR count). The molecule has 2 aromatic rings. The van der Waals surface area contributed by atoms with Gasteiger partial charge in [0.05, 0.1) is 18.5 Å². The number of esters is 1. The van der Waals surface area contributed by atoms with Crippen LogP contribution in [0.4, 0.5) is 5.82 Å². The van der Waals surface area contributed by atoms with Crippen molar-refractivity contribution in [3.05, 3.63) is 28.9 Å². The second-order valence-corrected chi connectivity index (χ2v) is 7.45. The summed E-state index contributed by atoms with van der Waals surface area (Å²) in [5.41, 5.74) is 0.875. The van der Waals surface area contributed by atoms with Crippen LogP contribution < -0.4 is 5.32 Å². The molecule has 1 fully saturated rings. The fourth-order valence-corrected chi connectivity index (χ4v) is 4.35. The zero-order chi connectivity index (χ0) is 18.5. The van der Waals surface area contributed by atoms with E-state index in [1.165, 1.54) is 30.6 Å². The summed E-state index contributed by atoms with van der Waals surface area (Å²) in [5, 5.41) is 4.21. The van der Waals surface area contributed by atoms with Gasteiger partial charge in [0.2, 0.25) is 0 Å². The summed E-state index contributed by atoms with van der Waals surface area (Å²) in [6.07, 6.45) is 5.56. The number of nitrogens with one attached hydrogen (secondary N) is 1. The smallest absolute Gasteiger partial charge is 0.348 e. The van der Waals surface area contributed by atoms with Crippen LogP contribution in [0.25, 0.3) is 10.2 Å². The molecule has 0 radical (unpaired) electrons. The highest BCUT2D eigenvalue weighted by molar-refractivity contribution is 7.20. The van der Waals surface area contributed by atoms with Gasteiger partial charge in [-0.2, -0.15) is 0 Å². The number of aromatic nitrogens is 2. The maximum absolute atomic E-state index is 12.3. The van der Waals surface area contributed by atoms with E-state index in [2.05, 4.69) is 16.8 Å². The first-order chi connectivity index (χ1) is 12.6. The molecule has 140 valence electrons. The lowest BCUT2D eigenvalue weighted by molar-refractivity contribution is 0.0531. The Balaban J connectivity index is 1.99. The monoisotopic (exact) mass is 374 g/mol. The maximum Gasteiger partial charge on any atom is 0.348 e. The first-order valence-electron chi connectivity index (χ1n) is 9.18. The summed E-state index contributed by atoms with van der Waals surface area (Å²) in [6, 6.07) is 0. The van der Waals surface area contributed by atoms with Gasteiger partial charge in [0.25, 0.3) is 0 Å². The van der Waals surface area contributed by atoms with Crippen LogP contribution in [-0.4, -0.2) is 47.1 Å². The first kappa shape index (κ1) is 18.8. The number of fused-ring (bicyclic) bond motifs is 1. The predicted octanol–water partition coefficient (Wildman–Crippen LogP) is 3.76. The normalized spacial score (nSPS) is 15.2. The lowest BCUT2D eigenvalue weighted by Gasteiger charge is -2.25. The second-order valence-electron chi connectivity index (χ2n) is 6.45. The van der Waals surface area contributed by atoms with Gasteiger partial charge in [0.15, 0.2) is 0 Å². The minimum absolute atomic E-state index is 0.291. The number of carbonyl (C=O) groups is 1. The summed E-state index contributed by atoms with van der Waals surface area (Å²) in [7, 11) is 0. The highest BCUT2D eigenvalue weighted by atomic mass is 32.1. The quantitative estimate of drug-likeness (QED) is 0.588. The fraction of sp³-hybridized carbons (Fsp3) is 0.526. The number of nitrogens with zero attached hydrogens (tertiary/aromatic N) is 3.